The van der Waals surface area contributed by atoms with Crippen molar-refractivity contribution in [3.05, 3.63) is 28.8 Å². The summed E-state index contributed by atoms with van der Waals surface area (Å²) in [4.78, 5) is 14.0. The summed E-state index contributed by atoms with van der Waals surface area (Å²) in [7, 11) is 1.60. The Morgan fingerprint density at radius 2 is 2.28 bits per heavy atom. The Morgan fingerprint density at radius 1 is 1.56 bits per heavy atom. The van der Waals surface area contributed by atoms with Gasteiger partial charge in [-0.3, -0.25) is 10.6 Å². The fraction of sp³-hybridized carbons (Fsp3) is 0.417. The highest BCUT2D eigenvalue weighted by atomic mass is 35.5. The van der Waals surface area contributed by atoms with Gasteiger partial charge >= 0.3 is 0 Å². The van der Waals surface area contributed by atoms with E-state index in [1.165, 1.54) is 0 Å². The molecule has 18 heavy (non-hydrogen) atoms. The predicted octanol–water partition coefficient (Wildman–Crippen LogP) is 1.73. The van der Waals surface area contributed by atoms with Crippen LogP contribution in [0, 0.1) is 0 Å². The quantitative estimate of drug-likeness (QED) is 0.611. The molecule has 0 saturated heterocycles. The SMILES string of the molecule is CCN(CCOC)C(=O)c1cc(Cl)ccc1NN. The van der Waals surface area contributed by atoms with Crippen LogP contribution in [-0.4, -0.2) is 37.6 Å². The average molecular weight is 272 g/mol. The number of rotatable bonds is 6. The summed E-state index contributed by atoms with van der Waals surface area (Å²) < 4.78 is 4.98. The lowest BCUT2D eigenvalue weighted by Gasteiger charge is -2.21. The second-order valence-corrected chi connectivity index (χ2v) is 4.15. The van der Waals surface area contributed by atoms with E-state index >= 15 is 0 Å². The largest absolute Gasteiger partial charge is 0.383 e. The molecule has 0 bridgehead atoms. The third-order valence-corrected chi connectivity index (χ3v) is 2.84. The second-order valence-electron chi connectivity index (χ2n) is 3.71. The monoisotopic (exact) mass is 271 g/mol. The zero-order valence-electron chi connectivity index (χ0n) is 10.6. The van der Waals surface area contributed by atoms with E-state index in [1.54, 1.807) is 30.2 Å². The lowest BCUT2D eigenvalue weighted by atomic mass is 10.1. The molecule has 5 nitrogen and oxygen atoms in total. The summed E-state index contributed by atoms with van der Waals surface area (Å²) in [5, 5.41) is 0.500. The standard InChI is InChI=1S/C12H18ClN3O2/c1-3-16(6-7-18-2)12(17)10-8-9(13)4-5-11(10)15-14/h4-5,8,15H,3,6-7,14H2,1-2H3. The molecule has 0 aliphatic heterocycles. The van der Waals surface area contributed by atoms with Crippen LogP contribution >= 0.6 is 11.6 Å². The van der Waals surface area contributed by atoms with E-state index in [0.717, 1.165) is 0 Å². The van der Waals surface area contributed by atoms with Crippen LogP contribution in [0.2, 0.25) is 5.02 Å². The molecule has 0 aromatic heterocycles. The number of carbonyl (C=O) groups is 1. The van der Waals surface area contributed by atoms with Crippen molar-refractivity contribution in [3.8, 4) is 0 Å². The molecule has 0 saturated carbocycles. The molecule has 0 fully saturated rings. The number of likely N-dealkylation sites (N-methyl/N-ethyl adjacent to an activating group) is 1. The van der Waals surface area contributed by atoms with Crippen molar-refractivity contribution < 1.29 is 9.53 Å². The highest BCUT2D eigenvalue weighted by molar-refractivity contribution is 6.31. The first kappa shape index (κ1) is 14.8. The van der Waals surface area contributed by atoms with Crippen molar-refractivity contribution in [2.75, 3.05) is 32.2 Å². The molecule has 0 aliphatic rings. The first-order chi connectivity index (χ1) is 8.63. The lowest BCUT2D eigenvalue weighted by molar-refractivity contribution is 0.0707. The number of nitrogens with two attached hydrogens (primary N) is 1. The predicted molar refractivity (Wildman–Crippen MR) is 72.7 cm³/mol. The van der Waals surface area contributed by atoms with Crippen LogP contribution in [0.25, 0.3) is 0 Å². The molecule has 0 radical (unpaired) electrons. The van der Waals surface area contributed by atoms with E-state index in [0.29, 0.717) is 36.0 Å². The molecule has 1 aromatic carbocycles. The zero-order valence-corrected chi connectivity index (χ0v) is 11.3. The number of methoxy groups -OCH3 is 1. The summed E-state index contributed by atoms with van der Waals surface area (Å²) in [5.41, 5.74) is 3.52. The number of benzene rings is 1. The first-order valence-electron chi connectivity index (χ1n) is 5.68. The van der Waals surface area contributed by atoms with Crippen molar-refractivity contribution in [1.29, 1.82) is 0 Å². The molecule has 3 N–H and O–H groups in total. The van der Waals surface area contributed by atoms with Crippen LogP contribution in [-0.2, 0) is 4.74 Å². The van der Waals surface area contributed by atoms with Crippen LogP contribution in [0.3, 0.4) is 0 Å². The van der Waals surface area contributed by atoms with Gasteiger partial charge in [0.05, 0.1) is 17.9 Å². The maximum absolute atomic E-state index is 12.3. The molecule has 0 spiro atoms. The highest BCUT2D eigenvalue weighted by Gasteiger charge is 2.17. The van der Waals surface area contributed by atoms with Gasteiger partial charge in [0, 0.05) is 25.2 Å². The van der Waals surface area contributed by atoms with E-state index in [1.807, 2.05) is 6.92 Å². The van der Waals surface area contributed by atoms with Crippen molar-refractivity contribution >= 4 is 23.2 Å². The summed E-state index contributed by atoms with van der Waals surface area (Å²) in [6, 6.07) is 4.97. The van der Waals surface area contributed by atoms with Gasteiger partial charge in [0.15, 0.2) is 0 Å². The van der Waals surface area contributed by atoms with Crippen LogP contribution in [0.5, 0.6) is 0 Å². The van der Waals surface area contributed by atoms with E-state index < -0.39 is 0 Å². The van der Waals surface area contributed by atoms with Crippen LogP contribution < -0.4 is 11.3 Å². The normalized spacial score (nSPS) is 10.2. The number of hydrazine groups is 1. The van der Waals surface area contributed by atoms with Gasteiger partial charge in [0.25, 0.3) is 5.91 Å². The number of nitrogens with one attached hydrogen (secondary N) is 1. The van der Waals surface area contributed by atoms with Gasteiger partial charge in [-0.25, -0.2) is 0 Å². The van der Waals surface area contributed by atoms with Crippen LogP contribution in [0.4, 0.5) is 5.69 Å². The van der Waals surface area contributed by atoms with Gasteiger partial charge < -0.3 is 15.1 Å². The Kier molecular flexibility index (Phi) is 5.91. The number of ether oxygens (including phenoxy) is 1. The maximum Gasteiger partial charge on any atom is 0.256 e. The molecular formula is C12H18ClN3O2. The Labute approximate surface area is 112 Å². The summed E-state index contributed by atoms with van der Waals surface area (Å²) in [6.45, 7) is 3.53. The molecule has 0 unspecified atom stereocenters. The fourth-order valence-electron chi connectivity index (χ4n) is 1.59. The molecule has 1 amide bonds. The summed E-state index contributed by atoms with van der Waals surface area (Å²) in [6.07, 6.45) is 0. The third-order valence-electron chi connectivity index (χ3n) is 2.60. The number of nitrogens with zero attached hydrogens (tertiary/aromatic N) is 1. The fourth-order valence-corrected chi connectivity index (χ4v) is 1.77. The smallest absolute Gasteiger partial charge is 0.256 e. The van der Waals surface area contributed by atoms with Crippen molar-refractivity contribution in [1.82, 2.24) is 4.90 Å². The maximum atomic E-state index is 12.3. The molecule has 0 aliphatic carbocycles. The topological polar surface area (TPSA) is 67.6 Å². The van der Waals surface area contributed by atoms with Gasteiger partial charge in [-0.05, 0) is 25.1 Å². The van der Waals surface area contributed by atoms with Gasteiger partial charge in [-0.2, -0.15) is 0 Å². The van der Waals surface area contributed by atoms with E-state index in [9.17, 15) is 4.79 Å². The molecule has 6 heteroatoms. The minimum Gasteiger partial charge on any atom is -0.383 e. The van der Waals surface area contributed by atoms with Gasteiger partial charge in [-0.15, -0.1) is 0 Å². The molecule has 100 valence electrons. The van der Waals surface area contributed by atoms with Crippen molar-refractivity contribution in [2.24, 2.45) is 5.84 Å². The van der Waals surface area contributed by atoms with Gasteiger partial charge in [-0.1, -0.05) is 11.6 Å². The minimum absolute atomic E-state index is 0.120. The Balaban J connectivity index is 2.96. The minimum atomic E-state index is -0.120. The highest BCUT2D eigenvalue weighted by Crippen LogP contribution is 2.21. The number of nitrogen functional groups attached to an aromatic ring is 1. The summed E-state index contributed by atoms with van der Waals surface area (Å²) >= 11 is 5.91. The van der Waals surface area contributed by atoms with Gasteiger partial charge in [0.2, 0.25) is 0 Å². The van der Waals surface area contributed by atoms with Crippen molar-refractivity contribution in [2.45, 2.75) is 6.92 Å². The van der Waals surface area contributed by atoms with Crippen LogP contribution in [0.15, 0.2) is 18.2 Å². The average Bonchev–Trinajstić information content (AvgIpc) is 2.39. The van der Waals surface area contributed by atoms with E-state index in [4.69, 9.17) is 22.2 Å². The Morgan fingerprint density at radius 3 is 2.83 bits per heavy atom. The number of hydrogen-bond donors (Lipinski definition) is 2. The molecule has 1 rings (SSSR count). The van der Waals surface area contributed by atoms with E-state index in [-0.39, 0.29) is 5.91 Å². The van der Waals surface area contributed by atoms with Crippen LogP contribution in [0.1, 0.15) is 17.3 Å². The molecule has 0 heterocycles. The number of anilines is 1. The number of amides is 1. The number of carbonyl (C=O) groups excluding carboxylic acids is 1. The molecule has 0 atom stereocenters. The zero-order chi connectivity index (χ0) is 13.5. The number of halogens is 1. The number of hydrogen-bond acceptors (Lipinski definition) is 4. The molecule has 1 aromatic rings. The van der Waals surface area contributed by atoms with Gasteiger partial charge in [0.1, 0.15) is 0 Å². The third kappa shape index (κ3) is 3.60. The van der Waals surface area contributed by atoms with Crippen molar-refractivity contribution in [3.63, 3.8) is 0 Å². The van der Waals surface area contributed by atoms with E-state index in [2.05, 4.69) is 5.43 Å². The Bertz CT molecular complexity index is 412. The first-order valence-corrected chi connectivity index (χ1v) is 6.06. The molecular weight excluding hydrogens is 254 g/mol. The summed E-state index contributed by atoms with van der Waals surface area (Å²) in [5.74, 6) is 5.27. The lowest BCUT2D eigenvalue weighted by Crippen LogP contribution is -2.34. The Hall–Kier alpha value is -1.30. The second kappa shape index (κ2) is 7.20.